The summed E-state index contributed by atoms with van der Waals surface area (Å²) in [6, 6.07) is 20.0. The van der Waals surface area contributed by atoms with Crippen molar-refractivity contribution in [3.05, 3.63) is 88.1 Å². The number of carboxylic acid groups (broad SMARTS) is 1. The maximum Gasteiger partial charge on any atom is 0.430 e. The summed E-state index contributed by atoms with van der Waals surface area (Å²) in [4.78, 5) is 48.1. The molecule has 3 saturated heterocycles. The van der Waals surface area contributed by atoms with E-state index in [4.69, 9.17) is 14.6 Å². The second-order valence-electron chi connectivity index (χ2n) is 10.7. The van der Waals surface area contributed by atoms with Gasteiger partial charge >= 0.3 is 12.1 Å². The van der Waals surface area contributed by atoms with Crippen molar-refractivity contribution in [2.75, 3.05) is 31.5 Å². The molecule has 0 aliphatic carbocycles. The summed E-state index contributed by atoms with van der Waals surface area (Å²) >= 11 is 1.36. The monoisotopic (exact) mass is 616 g/mol. The number of piperidine rings is 3. The van der Waals surface area contributed by atoms with Crippen LogP contribution in [0.2, 0.25) is 0 Å². The third kappa shape index (κ3) is 8.08. The van der Waals surface area contributed by atoms with Gasteiger partial charge in [-0.3, -0.25) is 9.59 Å². The lowest BCUT2D eigenvalue weighted by atomic mass is 9.82. The number of ketones is 2. The molecular weight excluding hydrogens is 585 g/mol. The summed E-state index contributed by atoms with van der Waals surface area (Å²) in [6.45, 7) is 4.50. The molecule has 8 nitrogen and oxygen atoms in total. The Morgan fingerprint density at radius 3 is 2.14 bits per heavy atom. The Hall–Kier alpha value is -4.03. The van der Waals surface area contributed by atoms with Crippen molar-refractivity contribution in [2.24, 2.45) is 5.92 Å². The quantitative estimate of drug-likeness (QED) is 0.215. The van der Waals surface area contributed by atoms with E-state index in [0.29, 0.717) is 34.1 Å². The number of alkyl halides is 3. The first kappa shape index (κ1) is 31.9. The number of benzene rings is 2. The molecule has 0 radical (unpaired) electrons. The van der Waals surface area contributed by atoms with Gasteiger partial charge in [-0.2, -0.15) is 13.2 Å². The number of fused-ring (bicyclic) bond motifs is 3. The molecule has 2 atom stereocenters. The van der Waals surface area contributed by atoms with Gasteiger partial charge in [0.15, 0.2) is 17.9 Å². The predicted octanol–water partition coefficient (Wildman–Crippen LogP) is 4.44. The first-order valence-corrected chi connectivity index (χ1v) is 14.6. The van der Waals surface area contributed by atoms with Crippen LogP contribution in [0, 0.1) is 5.92 Å². The van der Waals surface area contributed by atoms with Crippen LogP contribution in [0.1, 0.15) is 51.4 Å². The van der Waals surface area contributed by atoms with Crippen LogP contribution in [0.3, 0.4) is 0 Å². The standard InChI is InChI=1S/C29H30N2O4S.C2HF3O2/c1-20(32)28-24(14-17-36-28)30-27(23-10-6-3-7-11-23)29(34)35-26-19-31(15-12-22(26)13-16-31)18-25(33)21-8-4-2-5-9-21;3-2(4,5)1(6)7/h2-11,14,17,22,26-27H,12-13,15-16,18-19H2,1H3;(H,6,7)/t22?,26-,27?,31?;/m0./s1. The summed E-state index contributed by atoms with van der Waals surface area (Å²) in [6.07, 6.45) is -3.53. The van der Waals surface area contributed by atoms with Gasteiger partial charge in [0, 0.05) is 31.2 Å². The van der Waals surface area contributed by atoms with E-state index in [1.54, 1.807) is 0 Å². The maximum atomic E-state index is 13.6. The highest BCUT2D eigenvalue weighted by molar-refractivity contribution is 7.12. The number of hydrogen-bond donors (Lipinski definition) is 1. The predicted molar refractivity (Wildman–Crippen MR) is 151 cm³/mol. The number of nitrogens with one attached hydrogen (secondary N) is 1. The van der Waals surface area contributed by atoms with E-state index < -0.39 is 18.2 Å². The number of ether oxygens (including phenoxy) is 1. The molecule has 0 saturated carbocycles. The molecule has 0 amide bonds. The minimum atomic E-state index is -5.19. The summed E-state index contributed by atoms with van der Waals surface area (Å²) in [5.74, 6) is -2.95. The maximum absolute atomic E-state index is 13.6. The van der Waals surface area contributed by atoms with Crippen molar-refractivity contribution in [1.82, 2.24) is 0 Å². The Kier molecular flexibility index (Phi) is 10.0. The highest BCUT2D eigenvalue weighted by atomic mass is 32.1. The Morgan fingerprint density at radius 2 is 1.58 bits per heavy atom. The molecule has 1 aromatic heterocycles. The van der Waals surface area contributed by atoms with Crippen LogP contribution in [0.15, 0.2) is 72.1 Å². The van der Waals surface area contributed by atoms with Crippen LogP contribution in [-0.4, -0.2) is 66.4 Å². The lowest BCUT2D eigenvalue weighted by Crippen LogP contribution is -2.65. The number of halogens is 3. The molecule has 1 unspecified atom stereocenters. The SMILES string of the molecule is CC(=O)c1sccc1NC(C(=O)O[C@H]1C[N+]2(CC(=O)c3ccccc3)CCC1CC2)c1ccccc1.O=C([O-])C(F)(F)F. The van der Waals surface area contributed by atoms with Gasteiger partial charge in [-0.1, -0.05) is 60.7 Å². The van der Waals surface area contributed by atoms with E-state index in [9.17, 15) is 27.6 Å². The molecule has 2 bridgehead atoms. The van der Waals surface area contributed by atoms with Crippen LogP contribution >= 0.6 is 11.3 Å². The fraction of sp³-hybridized carbons (Fsp3) is 0.355. The zero-order chi connectivity index (χ0) is 31.2. The number of aliphatic carboxylic acids is 1. The van der Waals surface area contributed by atoms with Gasteiger partial charge in [0.25, 0.3) is 0 Å². The molecule has 228 valence electrons. The van der Waals surface area contributed by atoms with E-state index in [1.807, 2.05) is 72.1 Å². The number of carboxylic acids is 1. The van der Waals surface area contributed by atoms with Crippen molar-refractivity contribution >= 4 is 40.5 Å². The Balaban J connectivity index is 0.000000541. The van der Waals surface area contributed by atoms with Gasteiger partial charge in [-0.05, 0) is 17.0 Å². The third-order valence-corrected chi connectivity index (χ3v) is 8.78. The number of nitrogens with zero attached hydrogens (tertiary/aromatic N) is 1. The molecule has 3 aliphatic rings. The topological polar surface area (TPSA) is 113 Å². The minimum Gasteiger partial charge on any atom is -0.542 e. The van der Waals surface area contributed by atoms with Gasteiger partial charge in [0.05, 0.1) is 23.7 Å². The number of hydrogen-bond acceptors (Lipinski definition) is 8. The summed E-state index contributed by atoms with van der Waals surface area (Å²) in [5, 5.41) is 13.9. The van der Waals surface area contributed by atoms with Crippen molar-refractivity contribution in [1.29, 1.82) is 0 Å². The van der Waals surface area contributed by atoms with Gasteiger partial charge in [0.1, 0.15) is 19.1 Å². The molecule has 1 N–H and O–H groups in total. The van der Waals surface area contributed by atoms with E-state index in [1.165, 1.54) is 18.3 Å². The van der Waals surface area contributed by atoms with Crippen LogP contribution in [0.25, 0.3) is 0 Å². The molecular formula is C31H31F3N2O6S. The van der Waals surface area contributed by atoms with Gasteiger partial charge in [-0.25, -0.2) is 4.79 Å². The second-order valence-corrected chi connectivity index (χ2v) is 11.6. The molecule has 3 aliphatic heterocycles. The van der Waals surface area contributed by atoms with E-state index >= 15 is 0 Å². The molecule has 3 fully saturated rings. The van der Waals surface area contributed by atoms with Gasteiger partial charge < -0.3 is 24.4 Å². The number of rotatable bonds is 9. The van der Waals surface area contributed by atoms with Gasteiger partial charge in [0.2, 0.25) is 5.78 Å². The summed E-state index contributed by atoms with van der Waals surface area (Å²) < 4.78 is 38.4. The fourth-order valence-electron chi connectivity index (χ4n) is 5.59. The van der Waals surface area contributed by atoms with Crippen LogP contribution < -0.4 is 10.4 Å². The summed E-state index contributed by atoms with van der Waals surface area (Å²) in [5.41, 5.74) is 2.16. The Morgan fingerprint density at radius 1 is 1.00 bits per heavy atom. The lowest BCUT2D eigenvalue weighted by molar-refractivity contribution is -0.938. The lowest BCUT2D eigenvalue weighted by Gasteiger charge is -2.51. The zero-order valence-electron chi connectivity index (χ0n) is 23.3. The largest absolute Gasteiger partial charge is 0.542 e. The number of thiophene rings is 1. The van der Waals surface area contributed by atoms with E-state index in [-0.39, 0.29) is 23.6 Å². The molecule has 6 rings (SSSR count). The number of anilines is 1. The average Bonchev–Trinajstić information content (AvgIpc) is 3.46. The minimum absolute atomic E-state index is 0.0420. The van der Waals surface area contributed by atoms with E-state index in [0.717, 1.165) is 37.1 Å². The number of carbonyl (C=O) groups is 4. The number of Topliss-reactive ketones (excluding diaryl/α,β-unsaturated/α-hetero) is 2. The fourth-order valence-corrected chi connectivity index (χ4v) is 6.35. The normalized spacial score (nSPS) is 21.6. The first-order valence-electron chi connectivity index (χ1n) is 13.7. The summed E-state index contributed by atoms with van der Waals surface area (Å²) in [7, 11) is 0. The van der Waals surface area contributed by atoms with Crippen molar-refractivity contribution < 1.29 is 46.7 Å². The van der Waals surface area contributed by atoms with Gasteiger partial charge in [-0.15, -0.1) is 11.3 Å². The molecule has 3 aromatic rings. The molecule has 12 heteroatoms. The van der Waals surface area contributed by atoms with Crippen LogP contribution in [0.5, 0.6) is 0 Å². The second kappa shape index (κ2) is 13.5. The number of quaternary nitrogens is 1. The Labute approximate surface area is 250 Å². The zero-order valence-corrected chi connectivity index (χ0v) is 24.2. The number of carbonyl (C=O) groups excluding carboxylic acids is 4. The highest BCUT2D eigenvalue weighted by Gasteiger charge is 2.49. The third-order valence-electron chi connectivity index (χ3n) is 7.77. The smallest absolute Gasteiger partial charge is 0.430 e. The Bertz CT molecular complexity index is 1440. The van der Waals surface area contributed by atoms with Crippen molar-refractivity contribution in [3.63, 3.8) is 0 Å². The van der Waals surface area contributed by atoms with Crippen LogP contribution in [-0.2, 0) is 14.3 Å². The van der Waals surface area contributed by atoms with Crippen LogP contribution in [0.4, 0.5) is 18.9 Å². The van der Waals surface area contributed by atoms with Crippen molar-refractivity contribution in [2.45, 2.75) is 38.1 Å². The molecule has 4 heterocycles. The molecule has 43 heavy (non-hydrogen) atoms. The first-order chi connectivity index (χ1) is 20.4. The number of esters is 1. The highest BCUT2D eigenvalue weighted by Crippen LogP contribution is 2.37. The van der Waals surface area contributed by atoms with Crippen molar-refractivity contribution in [3.8, 4) is 0 Å². The molecule has 0 spiro atoms. The average molecular weight is 617 g/mol. The molecule has 2 aromatic carbocycles. The van der Waals surface area contributed by atoms with E-state index in [2.05, 4.69) is 5.32 Å².